The zero-order valence-electron chi connectivity index (χ0n) is 17.1. The number of ether oxygens (including phenoxy) is 1. The molecule has 4 rings (SSSR count). The highest BCUT2D eigenvalue weighted by atomic mass is 16.5. The van der Waals surface area contributed by atoms with Crippen LogP contribution < -0.4 is 11.1 Å². The Balaban J connectivity index is 1.27. The number of benzene rings is 3. The molecule has 3 aromatic carbocycles. The second kappa shape index (κ2) is 8.87. The van der Waals surface area contributed by atoms with Crippen LogP contribution in [0, 0.1) is 6.92 Å². The number of hydrogen-bond acceptors (Lipinski definition) is 3. The molecular weight excluding hydrogens is 372 g/mol. The number of hydrogen-bond donors (Lipinski definition) is 2. The Kier molecular flexibility index (Phi) is 5.84. The number of anilines is 1. The first-order valence-electron chi connectivity index (χ1n) is 10.2. The van der Waals surface area contributed by atoms with Crippen molar-refractivity contribution in [1.82, 2.24) is 5.32 Å². The Morgan fingerprint density at radius 3 is 2.37 bits per heavy atom. The third-order valence-electron chi connectivity index (χ3n) is 5.53. The van der Waals surface area contributed by atoms with Gasteiger partial charge in [-0.15, -0.1) is 0 Å². The van der Waals surface area contributed by atoms with E-state index in [1.807, 2.05) is 61.5 Å². The van der Waals surface area contributed by atoms with Crippen LogP contribution in [0.3, 0.4) is 0 Å². The van der Waals surface area contributed by atoms with Crippen molar-refractivity contribution in [3.8, 4) is 11.1 Å². The van der Waals surface area contributed by atoms with E-state index in [4.69, 9.17) is 10.5 Å². The van der Waals surface area contributed by atoms with Gasteiger partial charge in [-0.1, -0.05) is 72.8 Å². The molecule has 0 saturated carbocycles. The lowest BCUT2D eigenvalue weighted by atomic mass is 9.98. The van der Waals surface area contributed by atoms with E-state index in [0.29, 0.717) is 13.2 Å². The number of rotatable bonds is 6. The molecule has 0 radical (unpaired) electrons. The predicted octanol–water partition coefficient (Wildman–Crippen LogP) is 5.52. The summed E-state index contributed by atoms with van der Waals surface area (Å²) >= 11 is 0. The normalized spacial score (nSPS) is 12.6. The van der Waals surface area contributed by atoms with Gasteiger partial charge in [0.2, 0.25) is 0 Å². The number of amides is 1. The second-order valence-corrected chi connectivity index (χ2v) is 7.56. The lowest BCUT2D eigenvalue weighted by Crippen LogP contribution is -2.26. The first-order chi connectivity index (χ1) is 14.6. The fourth-order valence-corrected chi connectivity index (χ4v) is 3.93. The fourth-order valence-electron chi connectivity index (χ4n) is 3.93. The minimum atomic E-state index is -0.381. The van der Waals surface area contributed by atoms with E-state index in [1.54, 1.807) is 0 Å². The maximum absolute atomic E-state index is 12.2. The lowest BCUT2D eigenvalue weighted by Gasteiger charge is -2.14. The zero-order valence-corrected chi connectivity index (χ0v) is 17.1. The number of nitrogen functional groups attached to an aromatic ring is 1. The number of nitrogens with two attached hydrogens (primary N) is 1. The number of aryl methyl sites for hydroxylation is 1. The van der Waals surface area contributed by atoms with Crippen LogP contribution in [-0.2, 0) is 4.74 Å². The van der Waals surface area contributed by atoms with Crippen molar-refractivity contribution >= 4 is 17.9 Å². The second-order valence-electron chi connectivity index (χ2n) is 7.56. The topological polar surface area (TPSA) is 64.3 Å². The quantitative estimate of drug-likeness (QED) is 0.424. The van der Waals surface area contributed by atoms with Crippen molar-refractivity contribution in [2.75, 3.05) is 18.9 Å². The molecule has 3 N–H and O–H groups in total. The lowest BCUT2D eigenvalue weighted by molar-refractivity contribution is 0.143. The Hall–Kier alpha value is -3.53. The van der Waals surface area contributed by atoms with Crippen molar-refractivity contribution in [2.45, 2.75) is 19.3 Å². The molecule has 4 nitrogen and oxygen atoms in total. The number of carbonyl (C=O) groups excluding carboxylic acids is 1. The van der Waals surface area contributed by atoms with Crippen LogP contribution in [0.5, 0.6) is 0 Å². The summed E-state index contributed by atoms with van der Waals surface area (Å²) in [5.41, 5.74) is 13.7. The van der Waals surface area contributed by atoms with Crippen LogP contribution in [0.25, 0.3) is 17.2 Å². The molecule has 1 aliphatic rings. The van der Waals surface area contributed by atoms with Gasteiger partial charge in [-0.3, -0.25) is 0 Å². The van der Waals surface area contributed by atoms with E-state index in [0.717, 1.165) is 23.2 Å². The third kappa shape index (κ3) is 4.23. The van der Waals surface area contributed by atoms with E-state index in [-0.39, 0.29) is 12.0 Å². The van der Waals surface area contributed by atoms with E-state index >= 15 is 0 Å². The molecule has 0 saturated heterocycles. The van der Waals surface area contributed by atoms with E-state index < -0.39 is 0 Å². The molecule has 0 atom stereocenters. The van der Waals surface area contributed by atoms with Crippen LogP contribution in [-0.4, -0.2) is 19.2 Å². The number of carbonyl (C=O) groups is 1. The number of fused-ring (bicyclic) bond motifs is 3. The summed E-state index contributed by atoms with van der Waals surface area (Å²) in [5, 5.41) is 2.83. The summed E-state index contributed by atoms with van der Waals surface area (Å²) in [4.78, 5) is 12.2. The van der Waals surface area contributed by atoms with E-state index in [2.05, 4.69) is 29.6 Å². The Morgan fingerprint density at radius 1 is 1.03 bits per heavy atom. The highest BCUT2D eigenvalue weighted by molar-refractivity contribution is 5.79. The summed E-state index contributed by atoms with van der Waals surface area (Å²) in [6, 6.07) is 22.6. The van der Waals surface area contributed by atoms with Gasteiger partial charge in [-0.2, -0.15) is 0 Å². The van der Waals surface area contributed by atoms with E-state index in [9.17, 15) is 4.79 Å². The minimum Gasteiger partial charge on any atom is -0.449 e. The number of nitrogens with one attached hydrogen (secondary N) is 1. The Morgan fingerprint density at radius 2 is 1.70 bits per heavy atom. The first kappa shape index (κ1) is 19.8. The third-order valence-corrected chi connectivity index (χ3v) is 5.53. The highest BCUT2D eigenvalue weighted by Crippen LogP contribution is 2.44. The summed E-state index contributed by atoms with van der Waals surface area (Å²) in [7, 11) is 0. The molecule has 0 unspecified atom stereocenters. The maximum Gasteiger partial charge on any atom is 0.407 e. The molecule has 3 aromatic rings. The van der Waals surface area contributed by atoms with Crippen LogP contribution in [0.15, 0.2) is 72.8 Å². The maximum atomic E-state index is 12.2. The summed E-state index contributed by atoms with van der Waals surface area (Å²) in [6.07, 6.45) is 4.42. The highest BCUT2D eigenvalue weighted by Gasteiger charge is 2.28. The monoisotopic (exact) mass is 398 g/mol. The van der Waals surface area contributed by atoms with Crippen LogP contribution in [0.1, 0.15) is 34.6 Å². The standard InChI is InChI=1S/C26H26N2O2/c1-18-16-19(13-14-25(18)27)8-6-7-15-28-26(29)30-17-24-22-11-4-2-9-20(22)21-10-3-5-12-23(21)24/h2-6,8-14,16,24H,7,15,17,27H2,1H3,(H,28,29). The molecule has 4 heteroatoms. The van der Waals surface area contributed by atoms with Crippen LogP contribution in [0.4, 0.5) is 10.5 Å². The molecule has 0 aromatic heterocycles. The molecule has 0 heterocycles. The molecule has 152 valence electrons. The van der Waals surface area contributed by atoms with Gasteiger partial charge in [0.05, 0.1) is 0 Å². The van der Waals surface area contributed by atoms with Crippen molar-refractivity contribution in [3.05, 3.63) is 95.1 Å². The molecule has 0 spiro atoms. The molecule has 1 amide bonds. The average molecular weight is 399 g/mol. The van der Waals surface area contributed by atoms with E-state index in [1.165, 1.54) is 22.3 Å². The molecule has 30 heavy (non-hydrogen) atoms. The van der Waals surface area contributed by atoms with Crippen LogP contribution >= 0.6 is 0 Å². The fraction of sp³-hybridized carbons (Fsp3) is 0.192. The van der Waals surface area contributed by atoms with Gasteiger partial charge in [-0.25, -0.2) is 4.79 Å². The van der Waals surface area contributed by atoms with Gasteiger partial charge < -0.3 is 15.8 Å². The number of alkyl carbamates (subject to hydrolysis) is 1. The van der Waals surface area contributed by atoms with Crippen LogP contribution in [0.2, 0.25) is 0 Å². The summed E-state index contributed by atoms with van der Waals surface area (Å²) in [6.45, 7) is 2.85. The van der Waals surface area contributed by atoms with Crippen molar-refractivity contribution < 1.29 is 9.53 Å². The molecular formula is C26H26N2O2. The molecule has 0 bridgehead atoms. The van der Waals surface area contributed by atoms with Gasteiger partial charge in [-0.05, 0) is 52.8 Å². The molecule has 0 fully saturated rings. The predicted molar refractivity (Wildman–Crippen MR) is 122 cm³/mol. The summed E-state index contributed by atoms with van der Waals surface area (Å²) < 4.78 is 5.55. The summed E-state index contributed by atoms with van der Waals surface area (Å²) in [5.74, 6) is 0.0804. The van der Waals surface area contributed by atoms with Crippen molar-refractivity contribution in [2.24, 2.45) is 0 Å². The molecule has 0 aliphatic heterocycles. The smallest absolute Gasteiger partial charge is 0.407 e. The van der Waals surface area contributed by atoms with Gasteiger partial charge in [0.25, 0.3) is 0 Å². The van der Waals surface area contributed by atoms with Gasteiger partial charge >= 0.3 is 6.09 Å². The van der Waals surface area contributed by atoms with Crippen molar-refractivity contribution in [3.63, 3.8) is 0 Å². The van der Waals surface area contributed by atoms with Gasteiger partial charge in [0.15, 0.2) is 0 Å². The zero-order chi connectivity index (χ0) is 20.9. The minimum absolute atomic E-state index is 0.0804. The SMILES string of the molecule is Cc1cc(C=CCCNC(=O)OCC2c3ccccc3-c3ccccc32)ccc1N. The molecule has 1 aliphatic carbocycles. The van der Waals surface area contributed by atoms with Gasteiger partial charge in [0.1, 0.15) is 6.61 Å². The average Bonchev–Trinajstić information content (AvgIpc) is 3.08. The van der Waals surface area contributed by atoms with Crippen molar-refractivity contribution in [1.29, 1.82) is 0 Å². The first-order valence-corrected chi connectivity index (χ1v) is 10.2. The van der Waals surface area contributed by atoms with Gasteiger partial charge in [0, 0.05) is 18.2 Å². The largest absolute Gasteiger partial charge is 0.449 e. The Labute approximate surface area is 177 Å². The Bertz CT molecular complexity index is 1040.